The topological polar surface area (TPSA) is 89.0 Å². The van der Waals surface area contributed by atoms with Gasteiger partial charge in [0.05, 0.1) is 29.5 Å². The highest BCUT2D eigenvalue weighted by Gasteiger charge is 2.37. The number of phenolic OH excluding ortho intramolecular Hbond substituents is 1. The zero-order valence-corrected chi connectivity index (χ0v) is 21.8. The largest absolute Gasteiger partial charge is 0.507 e. The Labute approximate surface area is 203 Å². The first-order valence-corrected chi connectivity index (χ1v) is 14.7. The average Bonchev–Trinajstić information content (AvgIpc) is 2.80. The lowest BCUT2D eigenvalue weighted by atomic mass is 10.0. The Morgan fingerprint density at radius 3 is 2.71 bits per heavy atom. The number of pyridine rings is 1. The molecule has 0 saturated carbocycles. The number of nitrogens with zero attached hydrogens (tertiary/aromatic N) is 2. The minimum atomic E-state index is -2.00. The summed E-state index contributed by atoms with van der Waals surface area (Å²) in [5, 5.41) is 9.98. The lowest BCUT2D eigenvalue weighted by Gasteiger charge is -2.37. The van der Waals surface area contributed by atoms with Gasteiger partial charge in [0.15, 0.2) is 14.6 Å². The summed E-state index contributed by atoms with van der Waals surface area (Å²) in [6.45, 7) is 12.1. The first-order chi connectivity index (χ1) is 16.0. The van der Waals surface area contributed by atoms with Gasteiger partial charge >= 0.3 is 0 Å². The molecule has 34 heavy (non-hydrogen) atoms. The summed E-state index contributed by atoms with van der Waals surface area (Å²) in [5.74, 6) is 0.116. The van der Waals surface area contributed by atoms with Crippen molar-refractivity contribution in [3.63, 3.8) is 0 Å². The molecule has 8 heteroatoms. The van der Waals surface area contributed by atoms with E-state index in [2.05, 4.69) is 38.8 Å². The van der Waals surface area contributed by atoms with Crippen LogP contribution in [0.15, 0.2) is 36.5 Å². The number of aldehydes is 1. The van der Waals surface area contributed by atoms with Crippen LogP contribution in [-0.2, 0) is 11.0 Å². The minimum Gasteiger partial charge on any atom is -0.507 e. The molecule has 1 saturated heterocycles. The number of amides is 1. The number of phenols is 1. The maximum Gasteiger partial charge on any atom is 0.256 e. The van der Waals surface area contributed by atoms with E-state index in [9.17, 15) is 14.7 Å². The van der Waals surface area contributed by atoms with Crippen LogP contribution in [0.2, 0.25) is 18.1 Å². The Hall–Kier alpha value is -2.71. The van der Waals surface area contributed by atoms with E-state index in [1.807, 2.05) is 11.0 Å². The number of rotatable bonds is 8. The van der Waals surface area contributed by atoms with Gasteiger partial charge in [-0.25, -0.2) is 0 Å². The molecule has 1 fully saturated rings. The second kappa shape index (κ2) is 10.7. The van der Waals surface area contributed by atoms with E-state index in [1.54, 1.807) is 24.4 Å². The van der Waals surface area contributed by atoms with E-state index in [4.69, 9.17) is 9.16 Å². The summed E-state index contributed by atoms with van der Waals surface area (Å²) in [5.41, 5.74) is 1.33. The summed E-state index contributed by atoms with van der Waals surface area (Å²) in [7, 11) is -2.00. The predicted molar refractivity (Wildman–Crippen MR) is 134 cm³/mol. The zero-order chi connectivity index (χ0) is 24.9. The Morgan fingerprint density at radius 2 is 2.00 bits per heavy atom. The minimum absolute atomic E-state index is 0.0630. The van der Waals surface area contributed by atoms with Crippen LogP contribution in [0.3, 0.4) is 0 Å². The van der Waals surface area contributed by atoms with Crippen molar-refractivity contribution in [1.82, 2.24) is 9.88 Å². The average molecular weight is 485 g/mol. The summed E-state index contributed by atoms with van der Waals surface area (Å²) < 4.78 is 12.3. The smallest absolute Gasteiger partial charge is 0.256 e. The predicted octanol–water partition coefficient (Wildman–Crippen LogP) is 5.20. The molecule has 1 atom stereocenters. The van der Waals surface area contributed by atoms with E-state index in [-0.39, 0.29) is 34.9 Å². The summed E-state index contributed by atoms with van der Waals surface area (Å²) in [4.78, 5) is 31.3. The third kappa shape index (κ3) is 5.85. The zero-order valence-electron chi connectivity index (χ0n) is 20.8. The molecule has 2 aromatic rings. The van der Waals surface area contributed by atoms with Crippen molar-refractivity contribution in [2.45, 2.75) is 70.8 Å². The van der Waals surface area contributed by atoms with Gasteiger partial charge in [0.25, 0.3) is 5.91 Å². The second-order valence-corrected chi connectivity index (χ2v) is 15.1. The molecule has 0 spiro atoms. The van der Waals surface area contributed by atoms with Crippen molar-refractivity contribution in [3.05, 3.63) is 53.3 Å². The third-order valence-corrected chi connectivity index (χ3v) is 11.5. The Bertz CT molecular complexity index is 1020. The molecule has 2 heterocycles. The fourth-order valence-corrected chi connectivity index (χ4v) is 4.70. The molecule has 0 radical (unpaired) electrons. The van der Waals surface area contributed by atoms with Crippen molar-refractivity contribution in [1.29, 1.82) is 0 Å². The van der Waals surface area contributed by atoms with E-state index >= 15 is 0 Å². The lowest BCUT2D eigenvalue weighted by Crippen LogP contribution is -2.47. The molecule has 1 aliphatic rings. The van der Waals surface area contributed by atoms with Gasteiger partial charge in [-0.15, -0.1) is 0 Å². The molecule has 1 amide bonds. The molecule has 1 aromatic carbocycles. The fourth-order valence-electron chi connectivity index (χ4n) is 3.77. The van der Waals surface area contributed by atoms with Crippen molar-refractivity contribution in [2.75, 3.05) is 13.2 Å². The molecule has 1 aliphatic heterocycles. The van der Waals surface area contributed by atoms with Crippen molar-refractivity contribution in [2.24, 2.45) is 0 Å². The summed E-state index contributed by atoms with van der Waals surface area (Å²) >= 11 is 0. The van der Waals surface area contributed by atoms with Gasteiger partial charge in [0.1, 0.15) is 18.1 Å². The van der Waals surface area contributed by atoms with E-state index in [0.717, 1.165) is 19.3 Å². The number of aromatic nitrogens is 1. The number of likely N-dealkylation sites (tertiary alicyclic amines) is 1. The Kier molecular flexibility index (Phi) is 8.15. The lowest BCUT2D eigenvalue weighted by molar-refractivity contribution is 0.0523. The molecule has 7 nitrogen and oxygen atoms in total. The van der Waals surface area contributed by atoms with Crippen LogP contribution in [0.25, 0.3) is 0 Å². The Morgan fingerprint density at radius 1 is 1.24 bits per heavy atom. The van der Waals surface area contributed by atoms with Crippen LogP contribution in [0.1, 0.15) is 66.4 Å². The third-order valence-electron chi connectivity index (χ3n) is 6.98. The van der Waals surface area contributed by atoms with Gasteiger partial charge in [0, 0.05) is 12.7 Å². The number of ether oxygens (including phenoxy) is 1. The van der Waals surface area contributed by atoms with Gasteiger partial charge in [-0.1, -0.05) is 26.8 Å². The maximum absolute atomic E-state index is 13.6. The van der Waals surface area contributed by atoms with E-state index in [1.165, 1.54) is 6.07 Å². The van der Waals surface area contributed by atoms with Crippen LogP contribution < -0.4 is 4.74 Å². The Balaban J connectivity index is 1.76. The van der Waals surface area contributed by atoms with Crippen LogP contribution >= 0.6 is 0 Å². The van der Waals surface area contributed by atoms with Gasteiger partial charge in [-0.3, -0.25) is 14.6 Å². The van der Waals surface area contributed by atoms with Gasteiger partial charge in [-0.05, 0) is 61.7 Å². The van der Waals surface area contributed by atoms with Crippen LogP contribution in [0, 0.1) is 0 Å². The van der Waals surface area contributed by atoms with E-state index < -0.39 is 8.32 Å². The standard InChI is InChI=1S/C26H36N2O5Si/c1-26(2,3)34(4,5)33-18-22-20(11-9-14-27-22)25(31)28-15-7-6-10-19(28)17-32-24-13-8-12-23(30)21(24)16-29/h8-9,11-14,16,19,30H,6-7,10,15,17-18H2,1-5H3. The van der Waals surface area contributed by atoms with Crippen LogP contribution in [-0.4, -0.2) is 54.7 Å². The van der Waals surface area contributed by atoms with E-state index in [0.29, 0.717) is 36.4 Å². The quantitative estimate of drug-likeness (QED) is 0.409. The highest BCUT2D eigenvalue weighted by Crippen LogP contribution is 2.37. The SMILES string of the molecule is CC(C)(C)[Si](C)(C)OCc1ncccc1C(=O)N1CCCCC1COc1cccc(O)c1C=O. The second-order valence-electron chi connectivity index (χ2n) is 10.3. The highest BCUT2D eigenvalue weighted by molar-refractivity contribution is 6.74. The highest BCUT2D eigenvalue weighted by atomic mass is 28.4. The number of carbonyl (C=O) groups excluding carboxylic acids is 2. The molecule has 0 aliphatic carbocycles. The first-order valence-electron chi connectivity index (χ1n) is 11.8. The number of hydrogen-bond donors (Lipinski definition) is 1. The molecular weight excluding hydrogens is 448 g/mol. The maximum atomic E-state index is 13.6. The van der Waals surface area contributed by atoms with Crippen molar-refractivity contribution < 1.29 is 23.9 Å². The summed E-state index contributed by atoms with van der Waals surface area (Å²) in [6.07, 6.45) is 4.99. The number of hydrogen-bond acceptors (Lipinski definition) is 6. The number of benzene rings is 1. The monoisotopic (exact) mass is 484 g/mol. The van der Waals surface area contributed by atoms with Gasteiger partial charge < -0.3 is 19.2 Å². The molecular formula is C26H36N2O5Si. The van der Waals surface area contributed by atoms with Crippen LogP contribution in [0.5, 0.6) is 11.5 Å². The number of piperidine rings is 1. The normalized spacial score (nSPS) is 16.9. The molecule has 184 valence electrons. The molecule has 1 N–H and O–H groups in total. The van der Waals surface area contributed by atoms with Gasteiger partial charge in [-0.2, -0.15) is 0 Å². The molecule has 1 aromatic heterocycles. The van der Waals surface area contributed by atoms with Crippen molar-refractivity contribution >= 4 is 20.5 Å². The van der Waals surface area contributed by atoms with Gasteiger partial charge in [0.2, 0.25) is 0 Å². The molecule has 3 rings (SSSR count). The number of aromatic hydroxyl groups is 1. The van der Waals surface area contributed by atoms with Crippen molar-refractivity contribution in [3.8, 4) is 11.5 Å². The number of carbonyl (C=O) groups is 2. The molecule has 1 unspecified atom stereocenters. The summed E-state index contributed by atoms with van der Waals surface area (Å²) in [6, 6.07) is 8.18. The fraction of sp³-hybridized carbons (Fsp3) is 0.500. The van der Waals surface area contributed by atoms with Crippen LogP contribution in [0.4, 0.5) is 0 Å². The molecule has 0 bridgehead atoms. The first kappa shape index (κ1) is 25.9.